The van der Waals surface area contributed by atoms with Gasteiger partial charge < -0.3 is 15.2 Å². The number of rotatable bonds is 8. The summed E-state index contributed by atoms with van der Waals surface area (Å²) >= 11 is 0. The standard InChI is InChI=1S/C19H25NO2/c1-15(2)13-20-14-17(21)12-16-8-10-19(11-9-16)22-18-6-4-3-5-7-18/h3-11,15,17,20-21H,12-14H2,1-2H3/t17-/m0/s1. The molecule has 1 atom stereocenters. The number of nitrogens with one attached hydrogen (secondary N) is 1. The largest absolute Gasteiger partial charge is 0.457 e. The van der Waals surface area contributed by atoms with Gasteiger partial charge in [0.2, 0.25) is 0 Å². The van der Waals surface area contributed by atoms with Crippen molar-refractivity contribution in [1.82, 2.24) is 5.32 Å². The van der Waals surface area contributed by atoms with Gasteiger partial charge in [0.15, 0.2) is 0 Å². The van der Waals surface area contributed by atoms with E-state index in [1.807, 2.05) is 54.6 Å². The number of benzene rings is 2. The van der Waals surface area contributed by atoms with E-state index in [2.05, 4.69) is 19.2 Å². The normalized spacial score (nSPS) is 12.4. The molecular weight excluding hydrogens is 274 g/mol. The van der Waals surface area contributed by atoms with Gasteiger partial charge in [0.1, 0.15) is 11.5 Å². The van der Waals surface area contributed by atoms with Gasteiger partial charge in [-0.05, 0) is 48.7 Å². The van der Waals surface area contributed by atoms with E-state index in [9.17, 15) is 5.11 Å². The van der Waals surface area contributed by atoms with Crippen molar-refractivity contribution < 1.29 is 9.84 Å². The molecule has 0 aromatic heterocycles. The number of para-hydroxylation sites is 1. The first-order valence-electron chi connectivity index (χ1n) is 7.84. The second-order valence-electron chi connectivity index (χ2n) is 5.97. The van der Waals surface area contributed by atoms with Crippen molar-refractivity contribution in [3.63, 3.8) is 0 Å². The first-order valence-corrected chi connectivity index (χ1v) is 7.84. The molecule has 2 N–H and O–H groups in total. The highest BCUT2D eigenvalue weighted by Crippen LogP contribution is 2.21. The third-order valence-electron chi connectivity index (χ3n) is 3.31. The Morgan fingerprint density at radius 2 is 1.55 bits per heavy atom. The predicted molar refractivity (Wildman–Crippen MR) is 90.4 cm³/mol. The van der Waals surface area contributed by atoms with Gasteiger partial charge in [-0.2, -0.15) is 0 Å². The van der Waals surface area contributed by atoms with Gasteiger partial charge in [0, 0.05) is 6.54 Å². The lowest BCUT2D eigenvalue weighted by molar-refractivity contribution is 0.170. The lowest BCUT2D eigenvalue weighted by Crippen LogP contribution is -2.30. The summed E-state index contributed by atoms with van der Waals surface area (Å²) in [7, 11) is 0. The minimum absolute atomic E-state index is 0.361. The van der Waals surface area contributed by atoms with Gasteiger partial charge in [-0.1, -0.05) is 44.2 Å². The number of hydrogen-bond donors (Lipinski definition) is 2. The molecule has 0 amide bonds. The van der Waals surface area contributed by atoms with Gasteiger partial charge in [-0.15, -0.1) is 0 Å². The molecule has 2 aromatic carbocycles. The number of aliphatic hydroxyl groups is 1. The maximum atomic E-state index is 10.0. The van der Waals surface area contributed by atoms with Crippen LogP contribution in [0.1, 0.15) is 19.4 Å². The minimum Gasteiger partial charge on any atom is -0.457 e. The van der Waals surface area contributed by atoms with Crippen molar-refractivity contribution in [1.29, 1.82) is 0 Å². The average Bonchev–Trinajstić information content (AvgIpc) is 2.50. The molecule has 2 rings (SSSR count). The van der Waals surface area contributed by atoms with Gasteiger partial charge in [0.25, 0.3) is 0 Å². The Hall–Kier alpha value is -1.84. The number of aliphatic hydroxyl groups excluding tert-OH is 1. The second kappa shape index (κ2) is 8.57. The lowest BCUT2D eigenvalue weighted by Gasteiger charge is -2.13. The molecule has 2 aromatic rings. The van der Waals surface area contributed by atoms with E-state index in [1.54, 1.807) is 0 Å². The molecule has 0 bridgehead atoms. The van der Waals surface area contributed by atoms with Gasteiger partial charge >= 0.3 is 0 Å². The summed E-state index contributed by atoms with van der Waals surface area (Å²) in [5.74, 6) is 2.23. The van der Waals surface area contributed by atoms with Crippen molar-refractivity contribution in [3.05, 3.63) is 60.2 Å². The van der Waals surface area contributed by atoms with Crippen LogP contribution in [0, 0.1) is 5.92 Å². The monoisotopic (exact) mass is 299 g/mol. The molecule has 3 nitrogen and oxygen atoms in total. The molecule has 0 aliphatic heterocycles. The molecule has 0 aliphatic rings. The van der Waals surface area contributed by atoms with E-state index >= 15 is 0 Å². The maximum absolute atomic E-state index is 10.0. The smallest absolute Gasteiger partial charge is 0.127 e. The summed E-state index contributed by atoms with van der Waals surface area (Å²) in [6.07, 6.45) is 0.288. The summed E-state index contributed by atoms with van der Waals surface area (Å²) in [6.45, 7) is 5.87. The Morgan fingerprint density at radius 1 is 0.909 bits per heavy atom. The van der Waals surface area contributed by atoms with Crippen LogP contribution in [0.15, 0.2) is 54.6 Å². The van der Waals surface area contributed by atoms with E-state index in [4.69, 9.17) is 4.74 Å². The summed E-state index contributed by atoms with van der Waals surface area (Å²) in [6, 6.07) is 17.6. The van der Waals surface area contributed by atoms with Crippen LogP contribution < -0.4 is 10.1 Å². The van der Waals surface area contributed by atoms with Crippen LogP contribution in [-0.4, -0.2) is 24.3 Å². The Morgan fingerprint density at radius 3 is 2.18 bits per heavy atom. The Kier molecular flexibility index (Phi) is 6.44. The molecule has 0 heterocycles. The SMILES string of the molecule is CC(C)CNC[C@@H](O)Cc1ccc(Oc2ccccc2)cc1. The Balaban J connectivity index is 1.81. The molecule has 0 aliphatic carbocycles. The van der Waals surface area contributed by atoms with Crippen LogP contribution in [0.3, 0.4) is 0 Å². The van der Waals surface area contributed by atoms with Crippen molar-refractivity contribution in [2.24, 2.45) is 5.92 Å². The highest BCUT2D eigenvalue weighted by atomic mass is 16.5. The molecule has 22 heavy (non-hydrogen) atoms. The van der Waals surface area contributed by atoms with E-state index in [1.165, 1.54) is 0 Å². The number of hydrogen-bond acceptors (Lipinski definition) is 3. The van der Waals surface area contributed by atoms with Crippen LogP contribution in [-0.2, 0) is 6.42 Å². The first kappa shape index (κ1) is 16.5. The van der Waals surface area contributed by atoms with Crippen LogP contribution in [0.25, 0.3) is 0 Å². The third kappa shape index (κ3) is 5.88. The quantitative estimate of drug-likeness (QED) is 0.782. The van der Waals surface area contributed by atoms with Crippen LogP contribution in [0.4, 0.5) is 0 Å². The Labute approximate surface area is 133 Å². The second-order valence-corrected chi connectivity index (χ2v) is 5.97. The fourth-order valence-electron chi connectivity index (χ4n) is 2.20. The van der Waals surface area contributed by atoms with Gasteiger partial charge in [-0.25, -0.2) is 0 Å². The van der Waals surface area contributed by atoms with E-state index in [-0.39, 0.29) is 6.10 Å². The molecule has 0 radical (unpaired) electrons. The molecule has 0 saturated heterocycles. The molecule has 3 heteroatoms. The maximum Gasteiger partial charge on any atom is 0.127 e. The van der Waals surface area contributed by atoms with Crippen molar-refractivity contribution in [2.45, 2.75) is 26.4 Å². The fourth-order valence-corrected chi connectivity index (χ4v) is 2.20. The van der Waals surface area contributed by atoms with Gasteiger partial charge in [0.05, 0.1) is 6.10 Å². The first-order chi connectivity index (χ1) is 10.6. The topological polar surface area (TPSA) is 41.5 Å². The summed E-state index contributed by atoms with van der Waals surface area (Å²) in [4.78, 5) is 0. The van der Waals surface area contributed by atoms with Crippen LogP contribution in [0.2, 0.25) is 0 Å². The van der Waals surface area contributed by atoms with Crippen molar-refractivity contribution >= 4 is 0 Å². The van der Waals surface area contributed by atoms with Crippen molar-refractivity contribution in [3.8, 4) is 11.5 Å². The molecule has 0 saturated carbocycles. The van der Waals surface area contributed by atoms with E-state index in [0.717, 1.165) is 23.6 Å². The zero-order valence-electron chi connectivity index (χ0n) is 13.3. The summed E-state index contributed by atoms with van der Waals surface area (Å²) in [5, 5.41) is 13.3. The van der Waals surface area contributed by atoms with Crippen LogP contribution >= 0.6 is 0 Å². The zero-order valence-corrected chi connectivity index (χ0v) is 13.3. The summed E-state index contributed by atoms with van der Waals surface area (Å²) in [5.41, 5.74) is 1.11. The zero-order chi connectivity index (χ0) is 15.8. The molecule has 118 valence electrons. The van der Waals surface area contributed by atoms with Gasteiger partial charge in [-0.3, -0.25) is 0 Å². The molecule has 0 spiro atoms. The van der Waals surface area contributed by atoms with Crippen molar-refractivity contribution in [2.75, 3.05) is 13.1 Å². The fraction of sp³-hybridized carbons (Fsp3) is 0.368. The van der Waals surface area contributed by atoms with E-state index < -0.39 is 0 Å². The number of ether oxygens (including phenoxy) is 1. The lowest BCUT2D eigenvalue weighted by atomic mass is 10.1. The summed E-state index contributed by atoms with van der Waals surface area (Å²) < 4.78 is 5.75. The molecule has 0 unspecified atom stereocenters. The molecule has 0 fully saturated rings. The third-order valence-corrected chi connectivity index (χ3v) is 3.31. The van der Waals surface area contributed by atoms with Crippen LogP contribution in [0.5, 0.6) is 11.5 Å². The minimum atomic E-state index is -0.361. The highest BCUT2D eigenvalue weighted by Gasteiger charge is 2.06. The van der Waals surface area contributed by atoms with E-state index in [0.29, 0.717) is 18.9 Å². The highest BCUT2D eigenvalue weighted by molar-refractivity contribution is 5.33. The predicted octanol–water partition coefficient (Wildman–Crippen LogP) is 3.63. The average molecular weight is 299 g/mol. The Bertz CT molecular complexity index is 537. The molecular formula is C19H25NO2.